The summed E-state index contributed by atoms with van der Waals surface area (Å²) in [5.41, 5.74) is -0.0113. The summed E-state index contributed by atoms with van der Waals surface area (Å²) in [4.78, 5) is 0. The lowest BCUT2D eigenvalue weighted by atomic mass is 10.1. The zero-order valence-corrected chi connectivity index (χ0v) is 6.23. The van der Waals surface area contributed by atoms with Gasteiger partial charge in [0.05, 0.1) is 11.6 Å². The number of benzene rings is 1. The van der Waals surface area contributed by atoms with Crippen LogP contribution in [-0.2, 0) is 0 Å². The standard InChI is InChI=1S/C8H5F2NO/c1-4-5(3-11)2-6(9)7(10)8(4)12/h2,12H,1H3. The Morgan fingerprint density at radius 2 is 2.08 bits per heavy atom. The van der Waals surface area contributed by atoms with Crippen LogP contribution in [0.15, 0.2) is 6.07 Å². The van der Waals surface area contributed by atoms with E-state index in [-0.39, 0.29) is 11.1 Å². The summed E-state index contributed by atoms with van der Waals surface area (Å²) in [6.45, 7) is 1.34. The molecule has 0 heterocycles. The van der Waals surface area contributed by atoms with E-state index in [1.807, 2.05) is 0 Å². The molecule has 0 amide bonds. The molecule has 1 rings (SSSR count). The first-order valence-corrected chi connectivity index (χ1v) is 3.15. The second-order valence-electron chi connectivity index (χ2n) is 2.31. The van der Waals surface area contributed by atoms with Crippen molar-refractivity contribution in [2.45, 2.75) is 6.92 Å². The van der Waals surface area contributed by atoms with Crippen molar-refractivity contribution in [3.05, 3.63) is 28.8 Å². The smallest absolute Gasteiger partial charge is 0.200 e. The monoisotopic (exact) mass is 169 g/mol. The summed E-state index contributed by atoms with van der Waals surface area (Å²) in [6.07, 6.45) is 0. The number of phenols is 1. The second-order valence-corrected chi connectivity index (χ2v) is 2.31. The van der Waals surface area contributed by atoms with Crippen LogP contribution in [0.4, 0.5) is 8.78 Å². The Labute approximate surface area is 67.7 Å². The molecule has 0 aliphatic rings. The number of rotatable bonds is 0. The summed E-state index contributed by atoms with van der Waals surface area (Å²) >= 11 is 0. The van der Waals surface area contributed by atoms with Crippen LogP contribution >= 0.6 is 0 Å². The Morgan fingerprint density at radius 1 is 1.50 bits per heavy atom. The van der Waals surface area contributed by atoms with Crippen molar-refractivity contribution in [1.29, 1.82) is 5.26 Å². The largest absolute Gasteiger partial charge is 0.505 e. The van der Waals surface area contributed by atoms with Crippen LogP contribution < -0.4 is 0 Å². The van der Waals surface area contributed by atoms with E-state index in [0.717, 1.165) is 6.07 Å². The molecule has 12 heavy (non-hydrogen) atoms. The van der Waals surface area contributed by atoms with Gasteiger partial charge in [-0.1, -0.05) is 0 Å². The summed E-state index contributed by atoms with van der Waals surface area (Å²) in [7, 11) is 0. The van der Waals surface area contributed by atoms with Gasteiger partial charge in [0.2, 0.25) is 5.82 Å². The van der Waals surface area contributed by atoms with Gasteiger partial charge >= 0.3 is 0 Å². The molecule has 1 aromatic carbocycles. The Hall–Kier alpha value is -1.63. The first-order valence-electron chi connectivity index (χ1n) is 3.15. The maximum absolute atomic E-state index is 12.6. The molecule has 0 saturated heterocycles. The third kappa shape index (κ3) is 1.10. The molecule has 1 aromatic rings. The molecule has 0 fully saturated rings. The van der Waals surface area contributed by atoms with Crippen molar-refractivity contribution in [2.24, 2.45) is 0 Å². The van der Waals surface area contributed by atoms with E-state index < -0.39 is 17.4 Å². The highest BCUT2D eigenvalue weighted by atomic mass is 19.2. The average Bonchev–Trinajstić information content (AvgIpc) is 2.08. The van der Waals surface area contributed by atoms with Crippen molar-refractivity contribution >= 4 is 0 Å². The van der Waals surface area contributed by atoms with E-state index in [1.54, 1.807) is 6.07 Å². The third-order valence-electron chi connectivity index (χ3n) is 1.57. The SMILES string of the molecule is Cc1c(C#N)cc(F)c(F)c1O. The van der Waals surface area contributed by atoms with Crippen molar-refractivity contribution in [1.82, 2.24) is 0 Å². The molecule has 1 N–H and O–H groups in total. The summed E-state index contributed by atoms with van der Waals surface area (Å²) in [5.74, 6) is -3.33. The molecule has 0 aliphatic carbocycles. The number of hydrogen-bond acceptors (Lipinski definition) is 2. The zero-order chi connectivity index (χ0) is 9.30. The van der Waals surface area contributed by atoms with Crippen molar-refractivity contribution in [3.63, 3.8) is 0 Å². The van der Waals surface area contributed by atoms with Crippen LogP contribution in [-0.4, -0.2) is 5.11 Å². The number of nitrogens with zero attached hydrogens (tertiary/aromatic N) is 1. The van der Waals surface area contributed by atoms with E-state index in [9.17, 15) is 8.78 Å². The number of aromatic hydroxyl groups is 1. The first kappa shape index (κ1) is 8.47. The highest BCUT2D eigenvalue weighted by Crippen LogP contribution is 2.25. The van der Waals surface area contributed by atoms with Gasteiger partial charge in [-0.25, -0.2) is 4.39 Å². The molecular weight excluding hydrogens is 164 g/mol. The molecule has 0 aromatic heterocycles. The van der Waals surface area contributed by atoms with Crippen LogP contribution in [0.2, 0.25) is 0 Å². The molecule has 0 atom stereocenters. The average molecular weight is 169 g/mol. The lowest BCUT2D eigenvalue weighted by Crippen LogP contribution is -1.91. The van der Waals surface area contributed by atoms with Crippen LogP contribution in [0.1, 0.15) is 11.1 Å². The maximum atomic E-state index is 12.6. The second kappa shape index (κ2) is 2.78. The lowest BCUT2D eigenvalue weighted by molar-refractivity contribution is 0.403. The number of halogens is 2. The fraction of sp³-hybridized carbons (Fsp3) is 0.125. The summed E-state index contributed by atoms with van der Waals surface area (Å²) < 4.78 is 25.1. The van der Waals surface area contributed by atoms with Crippen LogP contribution in [0.25, 0.3) is 0 Å². The van der Waals surface area contributed by atoms with Gasteiger partial charge in [-0.2, -0.15) is 9.65 Å². The van der Waals surface area contributed by atoms with Gasteiger partial charge in [-0.05, 0) is 13.0 Å². The molecule has 0 unspecified atom stereocenters. The summed E-state index contributed by atoms with van der Waals surface area (Å²) in [5, 5.41) is 17.3. The fourth-order valence-electron chi connectivity index (χ4n) is 0.820. The minimum Gasteiger partial charge on any atom is -0.505 e. The van der Waals surface area contributed by atoms with Gasteiger partial charge in [-0.3, -0.25) is 0 Å². The zero-order valence-electron chi connectivity index (χ0n) is 6.23. The molecule has 62 valence electrons. The Bertz CT molecular complexity index is 368. The third-order valence-corrected chi connectivity index (χ3v) is 1.57. The van der Waals surface area contributed by atoms with Crippen LogP contribution in [0.3, 0.4) is 0 Å². The summed E-state index contributed by atoms with van der Waals surface area (Å²) in [6, 6.07) is 2.39. The Kier molecular flexibility index (Phi) is 1.96. The van der Waals surface area contributed by atoms with Crippen molar-refractivity contribution in [2.75, 3.05) is 0 Å². The van der Waals surface area contributed by atoms with Gasteiger partial charge in [0.15, 0.2) is 11.6 Å². The number of nitriles is 1. The maximum Gasteiger partial charge on any atom is 0.200 e. The quantitative estimate of drug-likeness (QED) is 0.644. The lowest BCUT2D eigenvalue weighted by Gasteiger charge is -2.02. The predicted octanol–water partition coefficient (Wildman–Crippen LogP) is 1.85. The van der Waals surface area contributed by atoms with Gasteiger partial charge in [0, 0.05) is 5.56 Å². The first-order chi connectivity index (χ1) is 5.57. The van der Waals surface area contributed by atoms with Crippen molar-refractivity contribution in [3.8, 4) is 11.8 Å². The molecule has 4 heteroatoms. The van der Waals surface area contributed by atoms with E-state index in [0.29, 0.717) is 0 Å². The Morgan fingerprint density at radius 3 is 2.58 bits per heavy atom. The molecular formula is C8H5F2NO. The number of hydrogen-bond donors (Lipinski definition) is 1. The van der Waals surface area contributed by atoms with E-state index >= 15 is 0 Å². The van der Waals surface area contributed by atoms with E-state index in [1.165, 1.54) is 6.92 Å². The predicted molar refractivity (Wildman–Crippen MR) is 37.5 cm³/mol. The minimum absolute atomic E-state index is 0.0522. The van der Waals surface area contributed by atoms with Crippen molar-refractivity contribution < 1.29 is 13.9 Å². The van der Waals surface area contributed by atoms with Gasteiger partial charge in [0.25, 0.3) is 0 Å². The minimum atomic E-state index is -1.31. The van der Waals surface area contributed by atoms with E-state index in [2.05, 4.69) is 0 Å². The van der Waals surface area contributed by atoms with Gasteiger partial charge < -0.3 is 5.11 Å². The molecule has 0 radical (unpaired) electrons. The normalized spacial score (nSPS) is 9.50. The van der Waals surface area contributed by atoms with Gasteiger partial charge in [0.1, 0.15) is 0 Å². The molecule has 2 nitrogen and oxygen atoms in total. The van der Waals surface area contributed by atoms with Crippen LogP contribution in [0.5, 0.6) is 5.75 Å². The Balaban J connectivity index is 3.52. The van der Waals surface area contributed by atoms with E-state index in [4.69, 9.17) is 10.4 Å². The molecule has 0 saturated carbocycles. The van der Waals surface area contributed by atoms with Gasteiger partial charge in [-0.15, -0.1) is 0 Å². The fourth-order valence-corrected chi connectivity index (χ4v) is 0.820. The highest BCUT2D eigenvalue weighted by molar-refractivity contribution is 5.46. The molecule has 0 bridgehead atoms. The number of phenolic OH excluding ortho intramolecular Hbond substituents is 1. The molecule has 0 aliphatic heterocycles. The molecule has 0 spiro atoms. The topological polar surface area (TPSA) is 44.0 Å². The van der Waals surface area contributed by atoms with Crippen LogP contribution in [0, 0.1) is 29.9 Å². The highest BCUT2D eigenvalue weighted by Gasteiger charge is 2.13.